The van der Waals surface area contributed by atoms with Crippen LogP contribution in [0.25, 0.3) is 0 Å². The SMILES string of the molecule is OC(NC1=NCCCCCCCCCCC1)(c1ccccc1)c1ccc(Br)cc1. The Morgan fingerprint density at radius 2 is 1.28 bits per heavy atom. The first-order chi connectivity index (χ1) is 14.2. The van der Waals surface area contributed by atoms with Gasteiger partial charge in [0.1, 0.15) is 0 Å². The molecule has 3 rings (SSSR count). The van der Waals surface area contributed by atoms with Gasteiger partial charge in [0.05, 0.1) is 5.84 Å². The molecule has 0 amide bonds. The van der Waals surface area contributed by atoms with E-state index in [-0.39, 0.29) is 0 Å². The van der Waals surface area contributed by atoms with E-state index in [0.29, 0.717) is 0 Å². The second-order valence-corrected chi connectivity index (χ2v) is 8.88. The molecule has 1 atom stereocenters. The van der Waals surface area contributed by atoms with E-state index in [1.165, 1.54) is 44.9 Å². The number of amidine groups is 1. The van der Waals surface area contributed by atoms with Gasteiger partial charge in [0.15, 0.2) is 5.72 Å². The normalized spacial score (nSPS) is 19.0. The summed E-state index contributed by atoms with van der Waals surface area (Å²) in [5, 5.41) is 15.3. The quantitative estimate of drug-likeness (QED) is 0.514. The Morgan fingerprint density at radius 3 is 1.93 bits per heavy atom. The number of rotatable bonds is 3. The number of benzene rings is 2. The number of aliphatic hydroxyl groups is 1. The summed E-state index contributed by atoms with van der Waals surface area (Å²) in [5.74, 6) is 0.915. The molecule has 4 heteroatoms. The first kappa shape index (κ1) is 22.0. The van der Waals surface area contributed by atoms with Crippen molar-refractivity contribution in [1.82, 2.24) is 5.32 Å². The summed E-state index contributed by atoms with van der Waals surface area (Å²) < 4.78 is 0.996. The number of hydrogen-bond acceptors (Lipinski definition) is 3. The van der Waals surface area contributed by atoms with Gasteiger partial charge in [0.2, 0.25) is 0 Å². The average molecular weight is 457 g/mol. The molecule has 0 fully saturated rings. The molecule has 0 saturated heterocycles. The molecule has 0 radical (unpaired) electrons. The molecule has 29 heavy (non-hydrogen) atoms. The van der Waals surface area contributed by atoms with Gasteiger partial charge in [-0.3, -0.25) is 4.99 Å². The Labute approximate surface area is 183 Å². The number of aliphatic imine (C=N–C) groups is 1. The molecule has 156 valence electrons. The Kier molecular flexibility index (Phi) is 8.75. The summed E-state index contributed by atoms with van der Waals surface area (Å²) >= 11 is 3.50. The Balaban J connectivity index is 1.85. The minimum atomic E-state index is -1.30. The van der Waals surface area contributed by atoms with Gasteiger partial charge in [0, 0.05) is 28.6 Å². The molecular formula is C25H33BrN2O. The van der Waals surface area contributed by atoms with Crippen LogP contribution in [0.15, 0.2) is 64.1 Å². The Bertz CT molecular complexity index is 760. The molecule has 0 aliphatic carbocycles. The average Bonchev–Trinajstić information content (AvgIpc) is 2.77. The Morgan fingerprint density at radius 1 is 0.724 bits per heavy atom. The molecule has 1 aliphatic heterocycles. The molecule has 1 aliphatic rings. The van der Waals surface area contributed by atoms with Crippen molar-refractivity contribution < 1.29 is 5.11 Å². The van der Waals surface area contributed by atoms with Gasteiger partial charge in [-0.2, -0.15) is 0 Å². The molecule has 3 nitrogen and oxygen atoms in total. The van der Waals surface area contributed by atoms with Crippen LogP contribution in [0.2, 0.25) is 0 Å². The molecule has 0 spiro atoms. The summed E-state index contributed by atoms with van der Waals surface area (Å²) in [5.41, 5.74) is 0.347. The first-order valence-corrected chi connectivity index (χ1v) is 11.8. The van der Waals surface area contributed by atoms with Crippen molar-refractivity contribution in [3.8, 4) is 0 Å². The highest BCUT2D eigenvalue weighted by atomic mass is 79.9. The summed E-state index contributed by atoms with van der Waals surface area (Å²) in [6, 6.07) is 17.7. The smallest absolute Gasteiger partial charge is 0.189 e. The monoisotopic (exact) mass is 456 g/mol. The second kappa shape index (κ2) is 11.5. The van der Waals surface area contributed by atoms with Gasteiger partial charge in [-0.05, 0) is 25.0 Å². The van der Waals surface area contributed by atoms with Crippen molar-refractivity contribution in [1.29, 1.82) is 0 Å². The van der Waals surface area contributed by atoms with Gasteiger partial charge in [0.25, 0.3) is 0 Å². The van der Waals surface area contributed by atoms with E-state index < -0.39 is 5.72 Å². The molecule has 2 aromatic rings. The third-order valence-electron chi connectivity index (χ3n) is 5.65. The lowest BCUT2D eigenvalue weighted by atomic mass is 9.94. The van der Waals surface area contributed by atoms with Crippen LogP contribution in [0, 0.1) is 0 Å². The molecule has 0 bridgehead atoms. The Hall–Kier alpha value is -1.65. The van der Waals surface area contributed by atoms with Crippen molar-refractivity contribution in [3.05, 3.63) is 70.2 Å². The predicted octanol–water partition coefficient (Wildman–Crippen LogP) is 6.55. The third kappa shape index (κ3) is 6.68. The van der Waals surface area contributed by atoms with E-state index in [0.717, 1.165) is 47.2 Å². The summed E-state index contributed by atoms with van der Waals surface area (Å²) in [6.07, 6.45) is 12.2. The first-order valence-electron chi connectivity index (χ1n) is 11.0. The highest BCUT2D eigenvalue weighted by molar-refractivity contribution is 9.10. The summed E-state index contributed by atoms with van der Waals surface area (Å²) in [6.45, 7) is 0.827. The molecule has 1 unspecified atom stereocenters. The maximum atomic E-state index is 11.8. The largest absolute Gasteiger partial charge is 0.363 e. The highest BCUT2D eigenvalue weighted by Crippen LogP contribution is 2.28. The fourth-order valence-corrected chi connectivity index (χ4v) is 4.19. The lowest BCUT2D eigenvalue weighted by molar-refractivity contribution is 0.0638. The molecule has 2 aromatic carbocycles. The lowest BCUT2D eigenvalue weighted by Crippen LogP contribution is -2.47. The molecule has 0 saturated carbocycles. The van der Waals surface area contributed by atoms with Crippen molar-refractivity contribution in [2.45, 2.75) is 69.9 Å². The van der Waals surface area contributed by atoms with Crippen LogP contribution in [-0.4, -0.2) is 17.5 Å². The maximum absolute atomic E-state index is 11.8. The fourth-order valence-electron chi connectivity index (χ4n) is 3.93. The van der Waals surface area contributed by atoms with Crippen LogP contribution in [0.5, 0.6) is 0 Å². The summed E-state index contributed by atoms with van der Waals surface area (Å²) in [4.78, 5) is 4.88. The standard InChI is InChI=1S/C25H33BrN2O/c26-23-18-16-22(17-19-23)25(29,21-13-9-8-10-14-21)28-24-15-11-6-4-2-1-3-5-7-12-20-27-24/h8-10,13-14,16-19,29H,1-7,11-12,15,20H2,(H,27,28). The molecular weight excluding hydrogens is 424 g/mol. The van der Waals surface area contributed by atoms with E-state index in [2.05, 4.69) is 21.2 Å². The van der Waals surface area contributed by atoms with E-state index in [1.807, 2.05) is 54.6 Å². The van der Waals surface area contributed by atoms with Gasteiger partial charge in [-0.15, -0.1) is 0 Å². The fraction of sp³-hybridized carbons (Fsp3) is 0.480. The van der Waals surface area contributed by atoms with Gasteiger partial charge < -0.3 is 10.4 Å². The van der Waals surface area contributed by atoms with Crippen molar-refractivity contribution >= 4 is 21.8 Å². The van der Waals surface area contributed by atoms with E-state index in [9.17, 15) is 5.11 Å². The van der Waals surface area contributed by atoms with Crippen molar-refractivity contribution in [2.75, 3.05) is 6.54 Å². The van der Waals surface area contributed by atoms with Gasteiger partial charge in [-0.25, -0.2) is 0 Å². The lowest BCUT2D eigenvalue weighted by Gasteiger charge is -2.32. The molecule has 1 heterocycles. The van der Waals surface area contributed by atoms with Crippen LogP contribution in [0.3, 0.4) is 0 Å². The van der Waals surface area contributed by atoms with Crippen LogP contribution in [0.4, 0.5) is 0 Å². The predicted molar refractivity (Wildman–Crippen MR) is 125 cm³/mol. The topological polar surface area (TPSA) is 44.6 Å². The number of halogens is 1. The van der Waals surface area contributed by atoms with E-state index in [4.69, 9.17) is 4.99 Å². The summed E-state index contributed by atoms with van der Waals surface area (Å²) in [7, 11) is 0. The van der Waals surface area contributed by atoms with Crippen LogP contribution in [0.1, 0.15) is 75.3 Å². The second-order valence-electron chi connectivity index (χ2n) is 7.97. The van der Waals surface area contributed by atoms with Crippen LogP contribution in [-0.2, 0) is 5.72 Å². The maximum Gasteiger partial charge on any atom is 0.189 e. The van der Waals surface area contributed by atoms with Crippen molar-refractivity contribution in [3.63, 3.8) is 0 Å². The van der Waals surface area contributed by atoms with E-state index >= 15 is 0 Å². The van der Waals surface area contributed by atoms with E-state index in [1.54, 1.807) is 0 Å². The minimum Gasteiger partial charge on any atom is -0.363 e. The van der Waals surface area contributed by atoms with Gasteiger partial charge in [-0.1, -0.05) is 103 Å². The molecule has 0 aromatic heterocycles. The number of nitrogens with one attached hydrogen (secondary N) is 1. The zero-order valence-electron chi connectivity index (χ0n) is 17.2. The zero-order valence-corrected chi connectivity index (χ0v) is 18.8. The minimum absolute atomic E-state index is 0.817. The third-order valence-corrected chi connectivity index (χ3v) is 6.18. The number of nitrogens with zero attached hydrogens (tertiary/aromatic N) is 1. The van der Waals surface area contributed by atoms with Gasteiger partial charge >= 0.3 is 0 Å². The highest BCUT2D eigenvalue weighted by Gasteiger charge is 2.32. The van der Waals surface area contributed by atoms with Crippen LogP contribution < -0.4 is 5.32 Å². The van der Waals surface area contributed by atoms with Crippen molar-refractivity contribution in [2.24, 2.45) is 4.99 Å². The zero-order chi connectivity index (χ0) is 20.4. The van der Waals surface area contributed by atoms with Crippen LogP contribution >= 0.6 is 15.9 Å². The molecule has 2 N–H and O–H groups in total. The number of hydrogen-bond donors (Lipinski definition) is 2.